The van der Waals surface area contributed by atoms with Crippen molar-refractivity contribution in [3.63, 3.8) is 0 Å². The third-order valence-electron chi connectivity index (χ3n) is 4.56. The van der Waals surface area contributed by atoms with Crippen LogP contribution >= 0.6 is 15.9 Å². The first-order chi connectivity index (χ1) is 13.1. The monoisotopic (exact) mass is 432 g/mol. The van der Waals surface area contributed by atoms with Gasteiger partial charge in [-0.2, -0.15) is 0 Å². The highest BCUT2D eigenvalue weighted by molar-refractivity contribution is 9.10. The average molecular weight is 433 g/mol. The van der Waals surface area contributed by atoms with Gasteiger partial charge in [-0.1, -0.05) is 12.1 Å². The molecule has 1 fully saturated rings. The minimum absolute atomic E-state index is 0.218. The molecule has 0 unspecified atom stereocenters. The van der Waals surface area contributed by atoms with E-state index in [2.05, 4.69) is 33.4 Å². The predicted molar refractivity (Wildman–Crippen MR) is 110 cm³/mol. The molecule has 0 spiro atoms. The molecule has 0 bridgehead atoms. The topological polar surface area (TPSA) is 50.8 Å². The van der Waals surface area contributed by atoms with Crippen LogP contribution in [0.15, 0.2) is 40.9 Å². The fraction of sp³-hybridized carbons (Fsp3) is 0.381. The Balaban J connectivity index is 1.58. The largest absolute Gasteiger partial charge is 0.493 e. The van der Waals surface area contributed by atoms with Gasteiger partial charge in [-0.25, -0.2) is 0 Å². The predicted octanol–water partition coefficient (Wildman–Crippen LogP) is 4.27. The maximum atomic E-state index is 11.8. The molecule has 5 nitrogen and oxygen atoms in total. The summed E-state index contributed by atoms with van der Waals surface area (Å²) in [6.45, 7) is 4.83. The maximum absolute atomic E-state index is 11.8. The van der Waals surface area contributed by atoms with E-state index in [0.29, 0.717) is 19.6 Å². The third kappa shape index (κ3) is 4.82. The summed E-state index contributed by atoms with van der Waals surface area (Å²) in [4.78, 5) is 13.7. The van der Waals surface area contributed by atoms with E-state index in [1.807, 2.05) is 36.1 Å². The minimum atomic E-state index is 0.218. The van der Waals surface area contributed by atoms with Crippen molar-refractivity contribution >= 4 is 27.5 Å². The highest BCUT2D eigenvalue weighted by Gasteiger charge is 2.21. The first-order valence-electron chi connectivity index (χ1n) is 9.21. The lowest BCUT2D eigenvalue weighted by Gasteiger charge is -2.16. The van der Waals surface area contributed by atoms with Crippen molar-refractivity contribution < 1.29 is 14.3 Å². The van der Waals surface area contributed by atoms with Gasteiger partial charge in [-0.15, -0.1) is 0 Å². The van der Waals surface area contributed by atoms with Crippen LogP contribution in [-0.2, 0) is 17.9 Å². The normalized spacial score (nSPS) is 13.9. The van der Waals surface area contributed by atoms with E-state index in [1.165, 1.54) is 5.56 Å². The first kappa shape index (κ1) is 19.7. The second kappa shape index (κ2) is 9.24. The van der Waals surface area contributed by atoms with Crippen LogP contribution in [0.2, 0.25) is 0 Å². The number of hydrogen-bond donors (Lipinski definition) is 1. The summed E-state index contributed by atoms with van der Waals surface area (Å²) in [6, 6.07) is 12.2. The molecular weight excluding hydrogens is 408 g/mol. The molecule has 1 aliphatic rings. The second-order valence-corrected chi connectivity index (χ2v) is 7.32. The molecule has 2 aromatic rings. The Kier molecular flexibility index (Phi) is 6.74. The first-order valence-corrected chi connectivity index (χ1v) is 10.0. The lowest BCUT2D eigenvalue weighted by atomic mass is 10.1. The molecule has 0 saturated carbocycles. The molecule has 3 rings (SSSR count). The summed E-state index contributed by atoms with van der Waals surface area (Å²) in [5.41, 5.74) is 3.28. The molecule has 0 atom stereocenters. The van der Waals surface area contributed by atoms with Gasteiger partial charge >= 0.3 is 0 Å². The lowest BCUT2D eigenvalue weighted by molar-refractivity contribution is -0.117. The van der Waals surface area contributed by atoms with Crippen molar-refractivity contribution in [3.8, 4) is 11.5 Å². The Morgan fingerprint density at radius 3 is 2.52 bits per heavy atom. The fourth-order valence-corrected chi connectivity index (χ4v) is 3.83. The third-order valence-corrected chi connectivity index (χ3v) is 5.15. The number of carbonyl (C=O) groups is 1. The van der Waals surface area contributed by atoms with E-state index in [0.717, 1.165) is 46.7 Å². The molecule has 2 aromatic carbocycles. The molecule has 1 saturated heterocycles. The van der Waals surface area contributed by atoms with Crippen molar-refractivity contribution in [3.05, 3.63) is 52.0 Å². The van der Waals surface area contributed by atoms with Crippen LogP contribution in [0.25, 0.3) is 0 Å². The van der Waals surface area contributed by atoms with Gasteiger partial charge in [0.05, 0.1) is 18.2 Å². The van der Waals surface area contributed by atoms with E-state index in [4.69, 9.17) is 9.47 Å². The Morgan fingerprint density at radius 2 is 1.89 bits per heavy atom. The van der Waals surface area contributed by atoms with Gasteiger partial charge in [0.15, 0.2) is 11.5 Å². The van der Waals surface area contributed by atoms with Crippen LogP contribution in [0.5, 0.6) is 11.5 Å². The molecule has 1 heterocycles. The maximum Gasteiger partial charge on any atom is 0.227 e. The number of nitrogens with zero attached hydrogens (tertiary/aromatic N) is 1. The number of halogens is 1. The fourth-order valence-electron chi connectivity index (χ4n) is 3.23. The van der Waals surface area contributed by atoms with E-state index in [-0.39, 0.29) is 5.91 Å². The van der Waals surface area contributed by atoms with Crippen molar-refractivity contribution in [2.75, 3.05) is 25.2 Å². The highest BCUT2D eigenvalue weighted by atomic mass is 79.9. The smallest absolute Gasteiger partial charge is 0.227 e. The van der Waals surface area contributed by atoms with E-state index in [9.17, 15) is 4.79 Å². The second-order valence-electron chi connectivity index (χ2n) is 6.46. The van der Waals surface area contributed by atoms with Crippen LogP contribution in [0.3, 0.4) is 0 Å². The standard InChI is InChI=1S/C21H25BrN2O3/c1-3-27-21-18(22)11-16(12-19(21)26-2)14-23-13-15-6-8-17(9-7-15)24-10-4-5-20(24)25/h6-9,11-12,23H,3-5,10,13-14H2,1-2H3. The van der Waals surface area contributed by atoms with Gasteiger partial charge in [0.25, 0.3) is 0 Å². The molecule has 1 aliphatic heterocycles. The number of anilines is 1. The zero-order valence-electron chi connectivity index (χ0n) is 15.8. The molecule has 0 aliphatic carbocycles. The number of amides is 1. The Morgan fingerprint density at radius 1 is 1.15 bits per heavy atom. The van der Waals surface area contributed by atoms with Gasteiger partial charge in [0, 0.05) is 31.7 Å². The number of rotatable bonds is 8. The average Bonchev–Trinajstić information content (AvgIpc) is 3.10. The number of ether oxygens (including phenoxy) is 2. The molecule has 0 radical (unpaired) electrons. The Labute approximate surface area is 168 Å². The van der Waals surface area contributed by atoms with Crippen LogP contribution in [-0.4, -0.2) is 26.2 Å². The lowest BCUT2D eigenvalue weighted by Crippen LogP contribution is -2.23. The summed E-state index contributed by atoms with van der Waals surface area (Å²) in [7, 11) is 1.65. The van der Waals surface area contributed by atoms with Crippen LogP contribution in [0.4, 0.5) is 5.69 Å². The van der Waals surface area contributed by atoms with E-state index >= 15 is 0 Å². The highest BCUT2D eigenvalue weighted by Crippen LogP contribution is 2.36. The van der Waals surface area contributed by atoms with Gasteiger partial charge < -0.3 is 19.7 Å². The van der Waals surface area contributed by atoms with E-state index in [1.54, 1.807) is 7.11 Å². The summed E-state index contributed by atoms with van der Waals surface area (Å²) in [6.07, 6.45) is 1.60. The van der Waals surface area contributed by atoms with Crippen molar-refractivity contribution in [2.45, 2.75) is 32.9 Å². The van der Waals surface area contributed by atoms with Crippen molar-refractivity contribution in [2.24, 2.45) is 0 Å². The summed E-state index contributed by atoms with van der Waals surface area (Å²) in [5, 5.41) is 3.45. The molecule has 27 heavy (non-hydrogen) atoms. The summed E-state index contributed by atoms with van der Waals surface area (Å²) < 4.78 is 12.0. The Hall–Kier alpha value is -2.05. The SMILES string of the molecule is CCOc1c(Br)cc(CNCc2ccc(N3CCCC3=O)cc2)cc1OC. The van der Waals surface area contributed by atoms with Crippen molar-refractivity contribution in [1.82, 2.24) is 5.32 Å². The van der Waals surface area contributed by atoms with Gasteiger partial charge in [0.2, 0.25) is 5.91 Å². The van der Waals surface area contributed by atoms with Crippen LogP contribution < -0.4 is 19.7 Å². The van der Waals surface area contributed by atoms with Crippen molar-refractivity contribution in [1.29, 1.82) is 0 Å². The Bertz CT molecular complexity index is 793. The summed E-state index contributed by atoms with van der Waals surface area (Å²) in [5.74, 6) is 1.68. The molecular formula is C21H25BrN2O3. The number of benzene rings is 2. The zero-order valence-corrected chi connectivity index (χ0v) is 17.3. The molecule has 0 aromatic heterocycles. The van der Waals surface area contributed by atoms with E-state index < -0.39 is 0 Å². The van der Waals surface area contributed by atoms with Gasteiger partial charge in [-0.05, 0) is 64.7 Å². The molecule has 1 amide bonds. The number of hydrogen-bond acceptors (Lipinski definition) is 4. The van der Waals surface area contributed by atoms with Crippen LogP contribution in [0.1, 0.15) is 30.9 Å². The summed E-state index contributed by atoms with van der Waals surface area (Å²) >= 11 is 3.56. The van der Waals surface area contributed by atoms with Gasteiger partial charge in [0.1, 0.15) is 0 Å². The zero-order chi connectivity index (χ0) is 19.2. The quantitative estimate of drug-likeness (QED) is 0.676. The molecule has 144 valence electrons. The molecule has 1 N–H and O–H groups in total. The minimum Gasteiger partial charge on any atom is -0.493 e. The number of nitrogens with one attached hydrogen (secondary N) is 1. The molecule has 6 heteroatoms. The number of carbonyl (C=O) groups excluding carboxylic acids is 1. The van der Waals surface area contributed by atoms with Gasteiger partial charge in [-0.3, -0.25) is 4.79 Å². The van der Waals surface area contributed by atoms with Crippen LogP contribution in [0, 0.1) is 0 Å². The number of methoxy groups -OCH3 is 1.